The molecular weight excluding hydrogens is 300 g/mol. The highest BCUT2D eigenvalue weighted by Crippen LogP contribution is 2.22. The minimum atomic E-state index is -3.41. The lowest BCUT2D eigenvalue weighted by atomic mass is 10.3. The summed E-state index contributed by atoms with van der Waals surface area (Å²) in [6, 6.07) is 6.14. The molecule has 1 fully saturated rings. The summed E-state index contributed by atoms with van der Waals surface area (Å²) in [6.07, 6.45) is 1.81. The molecule has 1 aromatic carbocycles. The molecule has 20 heavy (non-hydrogen) atoms. The molecule has 5 nitrogen and oxygen atoms in total. The van der Waals surface area contributed by atoms with Crippen LogP contribution in [0.5, 0.6) is 0 Å². The van der Waals surface area contributed by atoms with Crippen LogP contribution in [0.15, 0.2) is 29.2 Å². The second kappa shape index (κ2) is 6.11. The molecule has 1 N–H and O–H groups in total. The summed E-state index contributed by atoms with van der Waals surface area (Å²) < 4.78 is 26.1. The van der Waals surface area contributed by atoms with Crippen molar-refractivity contribution in [3.8, 4) is 0 Å². The Labute approximate surface area is 124 Å². The number of benzene rings is 1. The maximum atomic E-state index is 12.3. The van der Waals surface area contributed by atoms with Gasteiger partial charge in [-0.25, -0.2) is 8.42 Å². The molecule has 0 bridgehead atoms. The lowest BCUT2D eigenvalue weighted by Crippen LogP contribution is -2.27. The summed E-state index contributed by atoms with van der Waals surface area (Å²) in [5.41, 5.74) is 0.530. The standard InChI is InChI=1S/C13H17ClN2O3S/c1-10(14)13(17)15-11-4-6-12(7-5-11)20(18,19)16-8-2-3-9-16/h4-7,10H,2-3,8-9H2,1H3,(H,15,17)/t10-/m1/s1. The van der Waals surface area contributed by atoms with Crippen molar-refractivity contribution >= 4 is 33.2 Å². The van der Waals surface area contributed by atoms with Crippen LogP contribution < -0.4 is 5.32 Å². The number of anilines is 1. The Morgan fingerprint density at radius 3 is 2.30 bits per heavy atom. The number of sulfonamides is 1. The van der Waals surface area contributed by atoms with Crippen molar-refractivity contribution in [2.45, 2.75) is 30.0 Å². The van der Waals surface area contributed by atoms with E-state index >= 15 is 0 Å². The zero-order valence-electron chi connectivity index (χ0n) is 11.2. The first-order valence-electron chi connectivity index (χ1n) is 6.46. The fourth-order valence-corrected chi connectivity index (χ4v) is 3.60. The molecule has 0 unspecified atom stereocenters. The molecule has 1 aliphatic heterocycles. The van der Waals surface area contributed by atoms with Gasteiger partial charge < -0.3 is 5.32 Å². The number of alkyl halides is 1. The van der Waals surface area contributed by atoms with Crippen LogP contribution in [0.4, 0.5) is 5.69 Å². The molecule has 1 atom stereocenters. The number of nitrogens with one attached hydrogen (secondary N) is 1. The Morgan fingerprint density at radius 2 is 1.80 bits per heavy atom. The number of nitrogens with zero attached hydrogens (tertiary/aromatic N) is 1. The minimum Gasteiger partial charge on any atom is -0.325 e. The third-order valence-corrected chi connectivity index (χ3v) is 5.30. The van der Waals surface area contributed by atoms with Gasteiger partial charge in [-0.15, -0.1) is 11.6 Å². The lowest BCUT2D eigenvalue weighted by molar-refractivity contribution is -0.115. The quantitative estimate of drug-likeness (QED) is 0.864. The van der Waals surface area contributed by atoms with Crippen LogP contribution in [0.3, 0.4) is 0 Å². The molecular formula is C13H17ClN2O3S. The zero-order chi connectivity index (χ0) is 14.8. The van der Waals surface area contributed by atoms with Crippen LogP contribution in [-0.2, 0) is 14.8 Å². The monoisotopic (exact) mass is 316 g/mol. The Kier molecular flexibility index (Phi) is 4.67. The summed E-state index contributed by atoms with van der Waals surface area (Å²) in [6.45, 7) is 2.72. The second-order valence-electron chi connectivity index (χ2n) is 4.74. The number of hydrogen-bond acceptors (Lipinski definition) is 3. The van der Waals surface area contributed by atoms with Gasteiger partial charge in [-0.3, -0.25) is 4.79 Å². The summed E-state index contributed by atoms with van der Waals surface area (Å²) in [4.78, 5) is 11.7. The van der Waals surface area contributed by atoms with Crippen molar-refractivity contribution in [2.24, 2.45) is 0 Å². The van der Waals surface area contributed by atoms with Crippen LogP contribution in [0, 0.1) is 0 Å². The Hall–Kier alpha value is -1.11. The van der Waals surface area contributed by atoms with E-state index in [-0.39, 0.29) is 10.8 Å². The van der Waals surface area contributed by atoms with Crippen molar-refractivity contribution in [1.29, 1.82) is 0 Å². The molecule has 110 valence electrons. The average Bonchev–Trinajstić information content (AvgIpc) is 2.93. The Balaban J connectivity index is 2.13. The topological polar surface area (TPSA) is 66.5 Å². The highest BCUT2D eigenvalue weighted by Gasteiger charge is 2.26. The lowest BCUT2D eigenvalue weighted by Gasteiger charge is -2.15. The normalized spacial score (nSPS) is 17.9. The van der Waals surface area contributed by atoms with E-state index in [1.165, 1.54) is 16.4 Å². The first-order valence-corrected chi connectivity index (χ1v) is 8.34. The molecule has 7 heteroatoms. The van der Waals surface area contributed by atoms with Gasteiger partial charge in [0.2, 0.25) is 15.9 Å². The Morgan fingerprint density at radius 1 is 1.25 bits per heavy atom. The van der Waals surface area contributed by atoms with Gasteiger partial charge >= 0.3 is 0 Å². The van der Waals surface area contributed by atoms with E-state index in [1.807, 2.05) is 0 Å². The van der Waals surface area contributed by atoms with Crippen molar-refractivity contribution < 1.29 is 13.2 Å². The molecule has 1 aromatic rings. The van der Waals surface area contributed by atoms with Gasteiger partial charge in [0.15, 0.2) is 0 Å². The van der Waals surface area contributed by atoms with Crippen molar-refractivity contribution in [3.05, 3.63) is 24.3 Å². The molecule has 1 heterocycles. The number of carbonyl (C=O) groups excluding carboxylic acids is 1. The Bertz CT molecular complexity index is 578. The third kappa shape index (κ3) is 3.31. The summed E-state index contributed by atoms with van der Waals surface area (Å²) in [5.74, 6) is -0.318. The SMILES string of the molecule is C[C@@H](Cl)C(=O)Nc1ccc(S(=O)(=O)N2CCCC2)cc1. The molecule has 1 aliphatic rings. The van der Waals surface area contributed by atoms with Gasteiger partial charge in [0.25, 0.3) is 0 Å². The highest BCUT2D eigenvalue weighted by molar-refractivity contribution is 7.89. The number of halogens is 1. The van der Waals surface area contributed by atoms with Gasteiger partial charge in [-0.05, 0) is 44.0 Å². The molecule has 0 aromatic heterocycles. The predicted octanol–water partition coefficient (Wildman–Crippen LogP) is 2.04. The van der Waals surface area contributed by atoms with Crippen molar-refractivity contribution in [2.75, 3.05) is 18.4 Å². The van der Waals surface area contributed by atoms with Gasteiger partial charge in [-0.1, -0.05) is 0 Å². The van der Waals surface area contributed by atoms with Gasteiger partial charge in [0, 0.05) is 18.8 Å². The molecule has 0 aliphatic carbocycles. The largest absolute Gasteiger partial charge is 0.325 e. The fourth-order valence-electron chi connectivity index (χ4n) is 2.03. The summed E-state index contributed by atoms with van der Waals surface area (Å²) >= 11 is 5.65. The molecule has 0 saturated carbocycles. The first kappa shape index (κ1) is 15.3. The average molecular weight is 317 g/mol. The van der Waals surface area contributed by atoms with Gasteiger partial charge in [-0.2, -0.15) is 4.31 Å². The van der Waals surface area contributed by atoms with E-state index < -0.39 is 15.4 Å². The number of carbonyl (C=O) groups is 1. The number of rotatable bonds is 4. The fraction of sp³-hybridized carbons (Fsp3) is 0.462. The van der Waals surface area contributed by atoms with Crippen LogP contribution in [0.2, 0.25) is 0 Å². The van der Waals surface area contributed by atoms with Crippen molar-refractivity contribution in [3.63, 3.8) is 0 Å². The molecule has 1 saturated heterocycles. The third-order valence-electron chi connectivity index (χ3n) is 3.19. The second-order valence-corrected chi connectivity index (χ2v) is 7.33. The molecule has 0 spiro atoms. The predicted molar refractivity (Wildman–Crippen MR) is 78.4 cm³/mol. The maximum absolute atomic E-state index is 12.3. The summed E-state index contributed by atoms with van der Waals surface area (Å²) in [7, 11) is -3.41. The van der Waals surface area contributed by atoms with E-state index in [0.29, 0.717) is 18.8 Å². The van der Waals surface area contributed by atoms with Crippen LogP contribution in [-0.4, -0.2) is 37.1 Å². The van der Waals surface area contributed by atoms with E-state index in [2.05, 4.69) is 5.32 Å². The van der Waals surface area contributed by atoms with Crippen LogP contribution in [0.25, 0.3) is 0 Å². The minimum absolute atomic E-state index is 0.247. The van der Waals surface area contributed by atoms with E-state index in [1.54, 1.807) is 19.1 Å². The number of hydrogen-bond donors (Lipinski definition) is 1. The van der Waals surface area contributed by atoms with Gasteiger partial charge in [0.1, 0.15) is 5.38 Å². The van der Waals surface area contributed by atoms with Crippen LogP contribution >= 0.6 is 11.6 Å². The highest BCUT2D eigenvalue weighted by atomic mass is 35.5. The van der Waals surface area contributed by atoms with E-state index in [0.717, 1.165) is 12.8 Å². The smallest absolute Gasteiger partial charge is 0.243 e. The molecule has 1 amide bonds. The molecule has 0 radical (unpaired) electrons. The number of amides is 1. The molecule has 2 rings (SSSR count). The first-order chi connectivity index (χ1) is 9.41. The van der Waals surface area contributed by atoms with Crippen LogP contribution in [0.1, 0.15) is 19.8 Å². The maximum Gasteiger partial charge on any atom is 0.243 e. The van der Waals surface area contributed by atoms with E-state index in [9.17, 15) is 13.2 Å². The van der Waals surface area contributed by atoms with E-state index in [4.69, 9.17) is 11.6 Å². The zero-order valence-corrected chi connectivity index (χ0v) is 12.7. The summed E-state index contributed by atoms with van der Waals surface area (Å²) in [5, 5.41) is 1.97. The van der Waals surface area contributed by atoms with Crippen molar-refractivity contribution in [1.82, 2.24) is 4.31 Å². The van der Waals surface area contributed by atoms with Gasteiger partial charge in [0.05, 0.1) is 4.90 Å².